The summed E-state index contributed by atoms with van der Waals surface area (Å²) in [6.45, 7) is 4.55. The van der Waals surface area contributed by atoms with Crippen LogP contribution in [0.1, 0.15) is 55.8 Å². The smallest absolute Gasteiger partial charge is 0.231 e. The van der Waals surface area contributed by atoms with Gasteiger partial charge in [-0.2, -0.15) is 0 Å². The van der Waals surface area contributed by atoms with Gasteiger partial charge in [0.2, 0.25) is 6.79 Å². The SMILES string of the molecule is CCCCC[C@@H](C(=O)c1ccc2c(c1)OCO2)N1CCCC1. The van der Waals surface area contributed by atoms with Crippen LogP contribution < -0.4 is 9.47 Å². The molecule has 0 saturated carbocycles. The van der Waals surface area contributed by atoms with Gasteiger partial charge in [-0.3, -0.25) is 9.69 Å². The van der Waals surface area contributed by atoms with E-state index < -0.39 is 0 Å². The maximum absolute atomic E-state index is 13.0. The van der Waals surface area contributed by atoms with E-state index in [4.69, 9.17) is 9.47 Å². The molecule has 0 N–H and O–H groups in total. The van der Waals surface area contributed by atoms with Crippen LogP contribution in [0.4, 0.5) is 0 Å². The number of unbranched alkanes of at least 4 members (excludes halogenated alkanes) is 2. The second-order valence-corrected chi connectivity index (χ2v) is 6.19. The lowest BCUT2D eigenvalue weighted by atomic mass is 9.97. The number of benzene rings is 1. The Labute approximate surface area is 132 Å². The quantitative estimate of drug-likeness (QED) is 0.569. The van der Waals surface area contributed by atoms with Gasteiger partial charge >= 0.3 is 0 Å². The summed E-state index contributed by atoms with van der Waals surface area (Å²) in [5, 5.41) is 0. The number of ketones is 1. The zero-order valence-corrected chi connectivity index (χ0v) is 13.3. The third-order valence-corrected chi connectivity index (χ3v) is 4.62. The molecule has 0 amide bonds. The molecule has 1 atom stereocenters. The number of fused-ring (bicyclic) bond motifs is 1. The number of ether oxygens (including phenoxy) is 2. The highest BCUT2D eigenvalue weighted by atomic mass is 16.7. The van der Waals surface area contributed by atoms with E-state index in [0.717, 1.165) is 37.2 Å². The molecule has 0 aromatic heterocycles. The summed E-state index contributed by atoms with van der Waals surface area (Å²) in [5.74, 6) is 1.66. The zero-order valence-electron chi connectivity index (χ0n) is 13.3. The topological polar surface area (TPSA) is 38.8 Å². The fourth-order valence-corrected chi connectivity index (χ4v) is 3.36. The summed E-state index contributed by atoms with van der Waals surface area (Å²) in [5.41, 5.74) is 0.748. The average molecular weight is 303 g/mol. The first-order valence-electron chi connectivity index (χ1n) is 8.47. The second kappa shape index (κ2) is 7.14. The monoisotopic (exact) mass is 303 g/mol. The predicted molar refractivity (Wildman–Crippen MR) is 85.6 cm³/mol. The van der Waals surface area contributed by atoms with Crippen LogP contribution in [0, 0.1) is 0 Å². The third-order valence-electron chi connectivity index (χ3n) is 4.62. The maximum Gasteiger partial charge on any atom is 0.231 e. The number of Topliss-reactive ketones (excluding diaryl/α,β-unsaturated/α-hetero) is 1. The van der Waals surface area contributed by atoms with Gasteiger partial charge in [0.05, 0.1) is 6.04 Å². The Balaban J connectivity index is 1.75. The fraction of sp³-hybridized carbons (Fsp3) is 0.611. The lowest BCUT2D eigenvalue weighted by Gasteiger charge is -2.26. The van der Waals surface area contributed by atoms with E-state index in [1.807, 2.05) is 18.2 Å². The van der Waals surface area contributed by atoms with Gasteiger partial charge in [0.1, 0.15) is 0 Å². The Morgan fingerprint density at radius 1 is 1.18 bits per heavy atom. The van der Waals surface area contributed by atoms with Gasteiger partial charge in [0.25, 0.3) is 0 Å². The molecule has 120 valence electrons. The van der Waals surface area contributed by atoms with E-state index in [-0.39, 0.29) is 18.6 Å². The molecular weight excluding hydrogens is 278 g/mol. The summed E-state index contributed by atoms with van der Waals surface area (Å²) < 4.78 is 10.7. The Morgan fingerprint density at radius 3 is 2.73 bits per heavy atom. The summed E-state index contributed by atoms with van der Waals surface area (Å²) in [4.78, 5) is 15.4. The van der Waals surface area contributed by atoms with Crippen molar-refractivity contribution in [2.45, 2.75) is 51.5 Å². The van der Waals surface area contributed by atoms with Crippen molar-refractivity contribution in [2.24, 2.45) is 0 Å². The molecule has 0 unspecified atom stereocenters. The number of carbonyl (C=O) groups is 1. The molecule has 1 aromatic carbocycles. The second-order valence-electron chi connectivity index (χ2n) is 6.19. The van der Waals surface area contributed by atoms with E-state index in [9.17, 15) is 4.79 Å². The minimum atomic E-state index is 0.0226. The van der Waals surface area contributed by atoms with Crippen LogP contribution in [0.5, 0.6) is 11.5 Å². The average Bonchev–Trinajstić information content (AvgIpc) is 3.21. The van der Waals surface area contributed by atoms with Crippen LogP contribution in [0.3, 0.4) is 0 Å². The van der Waals surface area contributed by atoms with Crippen molar-refractivity contribution >= 4 is 5.78 Å². The predicted octanol–water partition coefficient (Wildman–Crippen LogP) is 3.64. The van der Waals surface area contributed by atoms with Gasteiger partial charge in [-0.1, -0.05) is 26.2 Å². The Bertz CT molecular complexity index is 523. The number of likely N-dealkylation sites (tertiary alicyclic amines) is 1. The molecule has 3 rings (SSSR count). The van der Waals surface area contributed by atoms with E-state index in [0.29, 0.717) is 5.75 Å². The molecular formula is C18H25NO3. The molecule has 0 radical (unpaired) electrons. The largest absolute Gasteiger partial charge is 0.454 e. The first kappa shape index (κ1) is 15.3. The normalized spacial score (nSPS) is 18.6. The van der Waals surface area contributed by atoms with E-state index in [1.165, 1.54) is 25.7 Å². The van der Waals surface area contributed by atoms with Crippen molar-refractivity contribution in [3.05, 3.63) is 23.8 Å². The molecule has 0 bridgehead atoms. The first-order valence-corrected chi connectivity index (χ1v) is 8.47. The van der Waals surface area contributed by atoms with Crippen LogP contribution >= 0.6 is 0 Å². The van der Waals surface area contributed by atoms with Gasteiger partial charge in [0.15, 0.2) is 17.3 Å². The molecule has 1 saturated heterocycles. The lowest BCUT2D eigenvalue weighted by molar-refractivity contribution is 0.0834. The van der Waals surface area contributed by atoms with Crippen LogP contribution in [-0.2, 0) is 0 Å². The standard InChI is InChI=1S/C18H25NO3/c1-2-3-4-7-15(19-10-5-6-11-19)18(20)14-8-9-16-17(12-14)22-13-21-16/h8-9,12,15H,2-7,10-11,13H2,1H3/t15-/m0/s1. The Morgan fingerprint density at radius 2 is 1.95 bits per heavy atom. The first-order chi connectivity index (χ1) is 10.8. The molecule has 4 heteroatoms. The molecule has 2 aliphatic rings. The highest BCUT2D eigenvalue weighted by molar-refractivity contribution is 6.00. The molecule has 2 heterocycles. The summed E-state index contributed by atoms with van der Waals surface area (Å²) in [6, 6.07) is 5.59. The minimum Gasteiger partial charge on any atom is -0.454 e. The Kier molecular flexibility index (Phi) is 4.98. The molecule has 1 aromatic rings. The van der Waals surface area contributed by atoms with E-state index in [1.54, 1.807) is 0 Å². The number of carbonyl (C=O) groups excluding carboxylic acids is 1. The van der Waals surface area contributed by atoms with E-state index >= 15 is 0 Å². The summed E-state index contributed by atoms with van der Waals surface area (Å²) in [7, 11) is 0. The van der Waals surface area contributed by atoms with Gasteiger partial charge in [-0.15, -0.1) is 0 Å². The van der Waals surface area contributed by atoms with Crippen LogP contribution in [0.25, 0.3) is 0 Å². The lowest BCUT2D eigenvalue weighted by Crippen LogP contribution is -2.39. The van der Waals surface area contributed by atoms with Crippen LogP contribution in [0.2, 0.25) is 0 Å². The molecule has 1 fully saturated rings. The van der Waals surface area contributed by atoms with E-state index in [2.05, 4.69) is 11.8 Å². The molecule has 22 heavy (non-hydrogen) atoms. The van der Waals surface area contributed by atoms with Crippen LogP contribution in [-0.4, -0.2) is 36.6 Å². The maximum atomic E-state index is 13.0. The third kappa shape index (κ3) is 3.27. The highest BCUT2D eigenvalue weighted by Crippen LogP contribution is 2.33. The van der Waals surface area contributed by atoms with Crippen molar-refractivity contribution in [3.8, 4) is 11.5 Å². The molecule has 0 spiro atoms. The number of nitrogens with zero attached hydrogens (tertiary/aromatic N) is 1. The van der Waals surface area contributed by atoms with Crippen molar-refractivity contribution in [1.29, 1.82) is 0 Å². The van der Waals surface area contributed by atoms with Crippen molar-refractivity contribution in [1.82, 2.24) is 4.90 Å². The minimum absolute atomic E-state index is 0.0226. The molecule has 4 nitrogen and oxygen atoms in total. The van der Waals surface area contributed by atoms with Crippen molar-refractivity contribution in [3.63, 3.8) is 0 Å². The van der Waals surface area contributed by atoms with Crippen molar-refractivity contribution in [2.75, 3.05) is 19.9 Å². The molecule has 2 aliphatic heterocycles. The summed E-state index contributed by atoms with van der Waals surface area (Å²) >= 11 is 0. The molecule has 0 aliphatic carbocycles. The van der Waals surface area contributed by atoms with Gasteiger partial charge in [-0.05, 0) is 50.6 Å². The number of rotatable bonds is 7. The number of hydrogen-bond donors (Lipinski definition) is 0. The van der Waals surface area contributed by atoms with Crippen molar-refractivity contribution < 1.29 is 14.3 Å². The highest BCUT2D eigenvalue weighted by Gasteiger charge is 2.29. The van der Waals surface area contributed by atoms with Gasteiger partial charge in [-0.25, -0.2) is 0 Å². The fourth-order valence-electron chi connectivity index (χ4n) is 3.36. The number of hydrogen-bond acceptors (Lipinski definition) is 4. The Hall–Kier alpha value is -1.55. The summed E-state index contributed by atoms with van der Waals surface area (Å²) in [6.07, 6.45) is 6.87. The van der Waals surface area contributed by atoms with Gasteiger partial charge in [0, 0.05) is 5.56 Å². The zero-order chi connectivity index (χ0) is 15.4. The van der Waals surface area contributed by atoms with Gasteiger partial charge < -0.3 is 9.47 Å². The van der Waals surface area contributed by atoms with Crippen LogP contribution in [0.15, 0.2) is 18.2 Å².